The van der Waals surface area contributed by atoms with Crippen LogP contribution in [0.3, 0.4) is 0 Å². The highest BCUT2D eigenvalue weighted by atomic mass is 16.5. The lowest BCUT2D eigenvalue weighted by atomic mass is 9.98. The number of para-hydroxylation sites is 1. The van der Waals surface area contributed by atoms with E-state index in [1.165, 1.54) is 0 Å². The van der Waals surface area contributed by atoms with Crippen molar-refractivity contribution < 1.29 is 18.7 Å². The van der Waals surface area contributed by atoms with Gasteiger partial charge in [-0.1, -0.05) is 55.8 Å². The van der Waals surface area contributed by atoms with E-state index in [0.29, 0.717) is 24.4 Å². The van der Waals surface area contributed by atoms with Gasteiger partial charge in [0.25, 0.3) is 5.91 Å². The molecule has 2 amide bonds. The van der Waals surface area contributed by atoms with Crippen LogP contribution in [0, 0.1) is 0 Å². The number of carbonyl (C=O) groups excluding carboxylic acids is 2. The number of amides is 2. The number of benzene rings is 2. The van der Waals surface area contributed by atoms with Crippen molar-refractivity contribution in [2.45, 2.75) is 38.8 Å². The third-order valence-corrected chi connectivity index (χ3v) is 5.60. The maximum atomic E-state index is 13.5. The van der Waals surface area contributed by atoms with Gasteiger partial charge in [0.1, 0.15) is 12.2 Å². The predicted molar refractivity (Wildman–Crippen MR) is 114 cm³/mol. The molecule has 0 saturated heterocycles. The average Bonchev–Trinajstić information content (AvgIpc) is 3.10. The summed E-state index contributed by atoms with van der Waals surface area (Å²) in [6, 6.07) is 17.1. The lowest BCUT2D eigenvalue weighted by Crippen LogP contribution is -2.61. The van der Waals surface area contributed by atoms with Crippen LogP contribution < -0.4 is 10.1 Å². The van der Waals surface area contributed by atoms with E-state index in [4.69, 9.17) is 9.15 Å². The molecule has 2 aromatic carbocycles. The van der Waals surface area contributed by atoms with E-state index in [2.05, 4.69) is 12.2 Å². The van der Waals surface area contributed by atoms with Crippen molar-refractivity contribution in [2.24, 2.45) is 0 Å². The van der Waals surface area contributed by atoms with Crippen molar-refractivity contribution >= 4 is 22.8 Å². The summed E-state index contributed by atoms with van der Waals surface area (Å²) in [6.07, 6.45) is 1.68. The molecular formula is C24H26N2O4. The highest BCUT2D eigenvalue weighted by molar-refractivity contribution is 6.04. The first kappa shape index (κ1) is 20.0. The van der Waals surface area contributed by atoms with Gasteiger partial charge in [0.15, 0.2) is 11.3 Å². The van der Waals surface area contributed by atoms with Gasteiger partial charge in [-0.2, -0.15) is 0 Å². The number of carbonyl (C=O) groups is 2. The molecule has 156 valence electrons. The largest absolute Gasteiger partial charge is 0.486 e. The monoisotopic (exact) mass is 406 g/mol. The normalized spacial score (nSPS) is 18.6. The number of hydrogen-bond acceptors (Lipinski definition) is 4. The Bertz CT molecular complexity index is 1060. The Morgan fingerprint density at radius 2 is 1.87 bits per heavy atom. The molecule has 30 heavy (non-hydrogen) atoms. The molecule has 1 aliphatic rings. The number of nitrogens with one attached hydrogen (secondary N) is 1. The molecular weight excluding hydrogens is 380 g/mol. The van der Waals surface area contributed by atoms with Gasteiger partial charge in [0.2, 0.25) is 11.7 Å². The highest BCUT2D eigenvalue weighted by Gasteiger charge is 2.47. The van der Waals surface area contributed by atoms with Gasteiger partial charge in [0.05, 0.1) is 5.39 Å². The summed E-state index contributed by atoms with van der Waals surface area (Å²) in [6.45, 7) is 4.70. The molecule has 0 aliphatic carbocycles. The fraction of sp³-hybridized carbons (Fsp3) is 0.333. The topological polar surface area (TPSA) is 71.8 Å². The van der Waals surface area contributed by atoms with Gasteiger partial charge >= 0.3 is 0 Å². The summed E-state index contributed by atoms with van der Waals surface area (Å²) in [5.74, 6) is 0.0124. The fourth-order valence-corrected chi connectivity index (χ4v) is 3.76. The van der Waals surface area contributed by atoms with E-state index < -0.39 is 5.54 Å². The van der Waals surface area contributed by atoms with Crippen molar-refractivity contribution in [3.8, 4) is 5.75 Å². The van der Waals surface area contributed by atoms with E-state index in [0.717, 1.165) is 23.8 Å². The van der Waals surface area contributed by atoms with Crippen molar-refractivity contribution in [1.29, 1.82) is 0 Å². The third-order valence-electron chi connectivity index (χ3n) is 5.60. The van der Waals surface area contributed by atoms with Gasteiger partial charge in [-0.05, 0) is 31.0 Å². The number of nitrogens with zero attached hydrogens (tertiary/aromatic N) is 1. The van der Waals surface area contributed by atoms with Crippen LogP contribution >= 0.6 is 0 Å². The minimum atomic E-state index is -1.15. The zero-order valence-electron chi connectivity index (χ0n) is 17.3. The summed E-state index contributed by atoms with van der Waals surface area (Å²) >= 11 is 0. The Morgan fingerprint density at radius 1 is 1.13 bits per heavy atom. The Balaban J connectivity index is 1.65. The molecule has 1 aliphatic heterocycles. The zero-order chi connectivity index (χ0) is 21.1. The second kappa shape index (κ2) is 8.22. The number of fused-ring (bicyclic) bond motifs is 3. The minimum absolute atomic E-state index is 0.0552. The Labute approximate surface area is 175 Å². The molecule has 0 saturated carbocycles. The molecule has 6 heteroatoms. The average molecular weight is 406 g/mol. The van der Waals surface area contributed by atoms with Crippen LogP contribution in [0.2, 0.25) is 0 Å². The molecule has 0 spiro atoms. The van der Waals surface area contributed by atoms with Crippen molar-refractivity contribution in [2.75, 3.05) is 13.2 Å². The Hall–Kier alpha value is -3.28. The van der Waals surface area contributed by atoms with E-state index in [9.17, 15) is 9.59 Å². The van der Waals surface area contributed by atoms with Crippen molar-refractivity contribution in [3.05, 3.63) is 65.9 Å². The number of rotatable bonds is 6. The molecule has 0 bridgehead atoms. The van der Waals surface area contributed by atoms with Crippen molar-refractivity contribution in [1.82, 2.24) is 10.2 Å². The Morgan fingerprint density at radius 3 is 2.63 bits per heavy atom. The summed E-state index contributed by atoms with van der Waals surface area (Å²) in [7, 11) is 0. The van der Waals surface area contributed by atoms with Gasteiger partial charge < -0.3 is 19.4 Å². The smallest absolute Gasteiger partial charge is 0.294 e. The lowest BCUT2D eigenvalue weighted by molar-refractivity contribution is -0.133. The fourth-order valence-electron chi connectivity index (χ4n) is 3.76. The minimum Gasteiger partial charge on any atom is -0.486 e. The van der Waals surface area contributed by atoms with Crippen LogP contribution in [0.5, 0.6) is 5.75 Å². The first-order valence-corrected chi connectivity index (χ1v) is 10.3. The zero-order valence-corrected chi connectivity index (χ0v) is 17.3. The first-order valence-electron chi connectivity index (χ1n) is 10.3. The molecule has 0 radical (unpaired) electrons. The van der Waals surface area contributed by atoms with Gasteiger partial charge in [-0.25, -0.2) is 0 Å². The Kier molecular flexibility index (Phi) is 5.48. The number of hydrogen-bond donors (Lipinski definition) is 1. The lowest BCUT2D eigenvalue weighted by Gasteiger charge is -2.37. The molecule has 2 heterocycles. The molecule has 0 fully saturated rings. The number of ether oxygens (including phenoxy) is 1. The highest BCUT2D eigenvalue weighted by Crippen LogP contribution is 2.38. The third kappa shape index (κ3) is 3.54. The molecule has 1 N–H and O–H groups in total. The van der Waals surface area contributed by atoms with Crippen molar-refractivity contribution in [3.63, 3.8) is 0 Å². The predicted octanol–water partition coefficient (Wildman–Crippen LogP) is 4.14. The SMILES string of the molecule is CCCCN1C(=O)c2oc3ccccc3c2OCC1(C)C(=O)NCc1ccccc1. The molecule has 4 rings (SSSR count). The first-order chi connectivity index (χ1) is 14.5. The standard InChI is InChI=1S/C24H26N2O4/c1-3-4-14-26-22(27)21-20(18-12-8-9-13-19(18)30-21)29-16-24(26,2)23(28)25-15-17-10-6-5-7-11-17/h5-13H,3-4,14-16H2,1-2H3,(H,25,28). The van der Waals surface area contributed by atoms with Gasteiger partial charge in [-0.3, -0.25) is 9.59 Å². The van der Waals surface area contributed by atoms with Crippen LogP contribution in [0.1, 0.15) is 42.8 Å². The maximum Gasteiger partial charge on any atom is 0.294 e. The molecule has 1 atom stereocenters. The van der Waals surface area contributed by atoms with Crippen LogP contribution in [-0.4, -0.2) is 35.4 Å². The van der Waals surface area contributed by atoms with Crippen LogP contribution in [0.4, 0.5) is 0 Å². The van der Waals surface area contributed by atoms with Crippen LogP contribution in [0.25, 0.3) is 11.0 Å². The molecule has 1 aromatic heterocycles. The molecule has 1 unspecified atom stereocenters. The second-order valence-corrected chi connectivity index (χ2v) is 7.80. The quantitative estimate of drug-likeness (QED) is 0.668. The molecule has 3 aromatic rings. The van der Waals surface area contributed by atoms with E-state index >= 15 is 0 Å². The van der Waals surface area contributed by atoms with E-state index in [1.807, 2.05) is 54.6 Å². The van der Waals surface area contributed by atoms with E-state index in [1.54, 1.807) is 11.8 Å². The maximum absolute atomic E-state index is 13.5. The summed E-state index contributed by atoms with van der Waals surface area (Å²) in [5, 5.41) is 3.72. The number of unbranched alkanes of at least 4 members (excludes halogenated alkanes) is 1. The summed E-state index contributed by atoms with van der Waals surface area (Å²) in [5.41, 5.74) is 0.445. The van der Waals surface area contributed by atoms with Gasteiger partial charge in [-0.15, -0.1) is 0 Å². The van der Waals surface area contributed by atoms with E-state index in [-0.39, 0.29) is 24.2 Å². The van der Waals surface area contributed by atoms with Crippen LogP contribution in [-0.2, 0) is 11.3 Å². The summed E-state index contributed by atoms with van der Waals surface area (Å²) in [4.78, 5) is 28.4. The molecule has 6 nitrogen and oxygen atoms in total. The number of furan rings is 1. The summed E-state index contributed by atoms with van der Waals surface area (Å²) < 4.78 is 11.9. The van der Waals surface area contributed by atoms with Crippen LogP contribution in [0.15, 0.2) is 59.0 Å². The second-order valence-electron chi connectivity index (χ2n) is 7.80. The van der Waals surface area contributed by atoms with Gasteiger partial charge in [0, 0.05) is 13.1 Å².